The van der Waals surface area contributed by atoms with Crippen molar-refractivity contribution in [2.75, 3.05) is 0 Å². The highest BCUT2D eigenvalue weighted by Gasteiger charge is 2.08. The zero-order chi connectivity index (χ0) is 12.1. The van der Waals surface area contributed by atoms with Crippen LogP contribution in [-0.2, 0) is 4.79 Å². The van der Waals surface area contributed by atoms with Gasteiger partial charge < -0.3 is 10.5 Å². The number of hydrogen-bond donors (Lipinski definition) is 1. The van der Waals surface area contributed by atoms with E-state index in [9.17, 15) is 13.6 Å². The SMILES string of the molecule is NC(=O)/C=C\c1cc(Cl)ccc1OC(F)F. The predicted octanol–water partition coefficient (Wildman–Crippen LogP) is 2.44. The van der Waals surface area contributed by atoms with E-state index in [0.717, 1.165) is 6.08 Å². The Morgan fingerprint density at radius 2 is 2.19 bits per heavy atom. The number of ether oxygens (including phenoxy) is 1. The molecular formula is C10H8ClF2NO2. The Kier molecular flexibility index (Phi) is 4.25. The molecule has 0 aliphatic carbocycles. The molecule has 1 amide bonds. The van der Waals surface area contributed by atoms with E-state index in [1.54, 1.807) is 0 Å². The number of carbonyl (C=O) groups is 1. The lowest BCUT2D eigenvalue weighted by Gasteiger charge is -2.07. The molecule has 0 aromatic heterocycles. The van der Waals surface area contributed by atoms with Gasteiger partial charge in [0, 0.05) is 16.7 Å². The molecule has 0 bridgehead atoms. The molecule has 0 unspecified atom stereocenters. The lowest BCUT2D eigenvalue weighted by atomic mass is 10.2. The highest BCUT2D eigenvalue weighted by Crippen LogP contribution is 2.25. The molecule has 0 saturated heterocycles. The van der Waals surface area contributed by atoms with Gasteiger partial charge in [0.1, 0.15) is 5.75 Å². The summed E-state index contributed by atoms with van der Waals surface area (Å²) >= 11 is 5.68. The van der Waals surface area contributed by atoms with Gasteiger partial charge in [-0.1, -0.05) is 11.6 Å². The van der Waals surface area contributed by atoms with E-state index in [4.69, 9.17) is 17.3 Å². The van der Waals surface area contributed by atoms with Gasteiger partial charge in [0.2, 0.25) is 5.91 Å². The van der Waals surface area contributed by atoms with Crippen LogP contribution in [0.2, 0.25) is 5.02 Å². The average molecular weight is 248 g/mol. The maximum absolute atomic E-state index is 12.0. The van der Waals surface area contributed by atoms with Crippen molar-refractivity contribution in [3.63, 3.8) is 0 Å². The number of hydrogen-bond acceptors (Lipinski definition) is 2. The van der Waals surface area contributed by atoms with Gasteiger partial charge in [-0.2, -0.15) is 8.78 Å². The van der Waals surface area contributed by atoms with Crippen molar-refractivity contribution >= 4 is 23.6 Å². The number of nitrogens with two attached hydrogens (primary N) is 1. The van der Waals surface area contributed by atoms with Crippen LogP contribution in [0.1, 0.15) is 5.56 Å². The zero-order valence-electron chi connectivity index (χ0n) is 7.99. The Labute approximate surface area is 95.5 Å². The summed E-state index contributed by atoms with van der Waals surface area (Å²) in [4.78, 5) is 10.5. The van der Waals surface area contributed by atoms with Gasteiger partial charge in [0.05, 0.1) is 0 Å². The Morgan fingerprint density at radius 3 is 2.75 bits per heavy atom. The van der Waals surface area contributed by atoms with E-state index in [2.05, 4.69) is 4.74 Å². The van der Waals surface area contributed by atoms with Crippen molar-refractivity contribution < 1.29 is 18.3 Å². The topological polar surface area (TPSA) is 52.3 Å². The summed E-state index contributed by atoms with van der Waals surface area (Å²) in [5.74, 6) is -0.764. The van der Waals surface area contributed by atoms with Crippen molar-refractivity contribution in [1.29, 1.82) is 0 Å². The Bertz CT molecular complexity index is 421. The molecular weight excluding hydrogens is 240 g/mol. The van der Waals surface area contributed by atoms with Gasteiger partial charge in [0.15, 0.2) is 0 Å². The monoisotopic (exact) mass is 247 g/mol. The molecule has 0 aliphatic heterocycles. The van der Waals surface area contributed by atoms with Crippen molar-refractivity contribution in [2.24, 2.45) is 5.73 Å². The van der Waals surface area contributed by atoms with Gasteiger partial charge in [-0.05, 0) is 24.3 Å². The molecule has 0 aliphatic rings. The molecule has 0 saturated carbocycles. The molecule has 0 heterocycles. The first-order valence-corrected chi connectivity index (χ1v) is 4.58. The van der Waals surface area contributed by atoms with E-state index >= 15 is 0 Å². The molecule has 0 spiro atoms. The number of alkyl halides is 2. The van der Waals surface area contributed by atoms with Gasteiger partial charge in [0.25, 0.3) is 0 Å². The molecule has 1 aromatic rings. The highest BCUT2D eigenvalue weighted by molar-refractivity contribution is 6.30. The molecule has 1 rings (SSSR count). The lowest BCUT2D eigenvalue weighted by molar-refractivity contribution is -0.113. The fourth-order valence-corrected chi connectivity index (χ4v) is 1.21. The fourth-order valence-electron chi connectivity index (χ4n) is 1.02. The summed E-state index contributed by atoms with van der Waals surface area (Å²) in [6.45, 7) is -2.94. The third-order valence-electron chi connectivity index (χ3n) is 1.62. The summed E-state index contributed by atoms with van der Waals surface area (Å²) < 4.78 is 28.3. The first kappa shape index (κ1) is 12.4. The lowest BCUT2D eigenvalue weighted by Crippen LogP contribution is -2.06. The van der Waals surface area contributed by atoms with Crippen LogP contribution in [0, 0.1) is 0 Å². The quantitative estimate of drug-likeness (QED) is 0.831. The summed E-state index contributed by atoms with van der Waals surface area (Å²) in [6, 6.07) is 4.08. The van der Waals surface area contributed by atoms with E-state index < -0.39 is 12.5 Å². The second kappa shape index (κ2) is 5.46. The van der Waals surface area contributed by atoms with Gasteiger partial charge in [-0.15, -0.1) is 0 Å². The second-order valence-corrected chi connectivity index (χ2v) is 3.23. The van der Waals surface area contributed by atoms with Crippen LogP contribution in [0.3, 0.4) is 0 Å². The van der Waals surface area contributed by atoms with Crippen molar-refractivity contribution in [3.8, 4) is 5.75 Å². The van der Waals surface area contributed by atoms with Crippen molar-refractivity contribution in [2.45, 2.75) is 6.61 Å². The average Bonchev–Trinajstić information content (AvgIpc) is 2.17. The summed E-state index contributed by atoms with van der Waals surface area (Å²) in [5, 5.41) is 0.339. The summed E-state index contributed by atoms with van der Waals surface area (Å²) in [5.41, 5.74) is 5.14. The molecule has 0 fully saturated rings. The molecule has 3 nitrogen and oxygen atoms in total. The van der Waals surface area contributed by atoms with Crippen LogP contribution < -0.4 is 10.5 Å². The third-order valence-corrected chi connectivity index (χ3v) is 1.85. The maximum Gasteiger partial charge on any atom is 0.387 e. The van der Waals surface area contributed by atoms with Crippen molar-refractivity contribution in [3.05, 3.63) is 34.9 Å². The minimum atomic E-state index is -2.94. The molecule has 86 valence electrons. The van der Waals surface area contributed by atoms with Crippen molar-refractivity contribution in [1.82, 2.24) is 0 Å². The minimum absolute atomic E-state index is 0.0723. The Morgan fingerprint density at radius 1 is 1.50 bits per heavy atom. The maximum atomic E-state index is 12.0. The van der Waals surface area contributed by atoms with E-state index in [-0.39, 0.29) is 11.3 Å². The zero-order valence-corrected chi connectivity index (χ0v) is 8.75. The van der Waals surface area contributed by atoms with Crippen LogP contribution in [0.4, 0.5) is 8.78 Å². The highest BCUT2D eigenvalue weighted by atomic mass is 35.5. The summed E-state index contributed by atoms with van der Waals surface area (Å²) in [7, 11) is 0. The Balaban J connectivity index is 3.03. The Hall–Kier alpha value is -1.62. The molecule has 1 aromatic carbocycles. The van der Waals surface area contributed by atoms with Gasteiger partial charge >= 0.3 is 6.61 Å². The fraction of sp³-hybridized carbons (Fsp3) is 0.100. The minimum Gasteiger partial charge on any atom is -0.434 e. The third kappa shape index (κ3) is 3.86. The second-order valence-electron chi connectivity index (χ2n) is 2.80. The standard InChI is InChI=1S/C10H8ClF2NO2/c11-7-2-3-8(16-10(12)13)6(5-7)1-4-9(14)15/h1-5,10H,(H2,14,15)/b4-1-. The normalized spacial score (nSPS) is 11.0. The largest absolute Gasteiger partial charge is 0.434 e. The first-order valence-electron chi connectivity index (χ1n) is 4.21. The van der Waals surface area contributed by atoms with Gasteiger partial charge in [-0.3, -0.25) is 4.79 Å². The van der Waals surface area contributed by atoms with Crippen LogP contribution in [-0.4, -0.2) is 12.5 Å². The molecule has 16 heavy (non-hydrogen) atoms. The van der Waals surface area contributed by atoms with Gasteiger partial charge in [-0.25, -0.2) is 0 Å². The smallest absolute Gasteiger partial charge is 0.387 e. The number of halogens is 3. The van der Waals surface area contributed by atoms with E-state index in [1.165, 1.54) is 24.3 Å². The van der Waals surface area contributed by atoms with Crippen LogP contribution >= 0.6 is 11.6 Å². The molecule has 0 radical (unpaired) electrons. The number of rotatable bonds is 4. The summed E-state index contributed by atoms with van der Waals surface area (Å²) in [6.07, 6.45) is 2.29. The van der Waals surface area contributed by atoms with Crippen LogP contribution in [0.5, 0.6) is 5.75 Å². The van der Waals surface area contributed by atoms with E-state index in [0.29, 0.717) is 5.02 Å². The molecule has 6 heteroatoms. The van der Waals surface area contributed by atoms with Crippen LogP contribution in [0.15, 0.2) is 24.3 Å². The number of carbonyl (C=O) groups excluding carboxylic acids is 1. The molecule has 0 atom stereocenters. The number of amides is 1. The van der Waals surface area contributed by atoms with E-state index in [1.807, 2.05) is 0 Å². The molecule has 2 N–H and O–H groups in total. The number of benzene rings is 1. The first-order chi connectivity index (χ1) is 7.49. The predicted molar refractivity (Wildman–Crippen MR) is 56.3 cm³/mol. The number of primary amides is 1. The van der Waals surface area contributed by atoms with Crippen LogP contribution in [0.25, 0.3) is 6.08 Å².